The molecule has 0 radical (unpaired) electrons. The Balaban J connectivity index is 1.75. The van der Waals surface area contributed by atoms with Crippen molar-refractivity contribution in [2.45, 2.75) is 6.42 Å². The molecular weight excluding hydrogens is 347 g/mol. The van der Waals surface area contributed by atoms with Crippen LogP contribution < -0.4 is 10.1 Å². The molecule has 1 heterocycles. The number of rotatable bonds is 6. The topological polar surface area (TPSA) is 71.9 Å². The predicted molar refractivity (Wildman–Crippen MR) is 87.1 cm³/mol. The van der Waals surface area contributed by atoms with Crippen LogP contribution in [0.1, 0.15) is 5.82 Å². The second-order valence-corrected chi connectivity index (χ2v) is 5.67. The van der Waals surface area contributed by atoms with Crippen molar-refractivity contribution in [3.63, 3.8) is 0 Å². The number of benzene rings is 1. The Morgan fingerprint density at radius 1 is 1.45 bits per heavy atom. The number of nitrogens with zero attached hydrogens (tertiary/aromatic N) is 2. The van der Waals surface area contributed by atoms with E-state index < -0.39 is 0 Å². The normalized spacial score (nSPS) is 10.5. The molecule has 22 heavy (non-hydrogen) atoms. The minimum Gasteiger partial charge on any atom is -0.484 e. The first-order valence-corrected chi connectivity index (χ1v) is 7.58. The molecule has 0 saturated carbocycles. The Kier molecular flexibility index (Phi) is 5.82. The van der Waals surface area contributed by atoms with E-state index in [0.29, 0.717) is 33.5 Å². The first-order valence-electron chi connectivity index (χ1n) is 6.42. The number of ether oxygens (including phenoxy) is 1. The lowest BCUT2D eigenvalue weighted by atomic mass is 10.3. The first kappa shape index (κ1) is 16.8. The number of amides is 1. The molecule has 0 fully saturated rings. The lowest BCUT2D eigenvalue weighted by Crippen LogP contribution is -2.31. The molecule has 0 bridgehead atoms. The van der Waals surface area contributed by atoms with Crippen LogP contribution in [-0.2, 0) is 18.3 Å². The molecule has 1 aromatic carbocycles. The molecular formula is C13H14Cl2N4O2S. The second kappa shape index (κ2) is 7.62. The van der Waals surface area contributed by atoms with Gasteiger partial charge in [0.05, 0.1) is 10.0 Å². The summed E-state index contributed by atoms with van der Waals surface area (Å²) < 4.78 is 7.64. The number of halogens is 2. The van der Waals surface area contributed by atoms with Crippen molar-refractivity contribution in [1.82, 2.24) is 20.1 Å². The highest BCUT2D eigenvalue weighted by atomic mass is 35.5. The van der Waals surface area contributed by atoms with E-state index in [0.717, 1.165) is 5.82 Å². The summed E-state index contributed by atoms with van der Waals surface area (Å²) in [7, 11) is 1.82. The quantitative estimate of drug-likeness (QED) is 0.776. The van der Waals surface area contributed by atoms with Gasteiger partial charge in [0.25, 0.3) is 5.91 Å². The Morgan fingerprint density at radius 2 is 2.23 bits per heavy atom. The van der Waals surface area contributed by atoms with E-state index >= 15 is 0 Å². The van der Waals surface area contributed by atoms with Crippen LogP contribution in [0.4, 0.5) is 0 Å². The van der Waals surface area contributed by atoms with Gasteiger partial charge in [-0.3, -0.25) is 9.89 Å². The zero-order chi connectivity index (χ0) is 16.1. The van der Waals surface area contributed by atoms with Gasteiger partial charge in [-0.25, -0.2) is 0 Å². The van der Waals surface area contributed by atoms with Crippen molar-refractivity contribution in [2.75, 3.05) is 13.2 Å². The fourth-order valence-electron chi connectivity index (χ4n) is 1.68. The summed E-state index contributed by atoms with van der Waals surface area (Å²) >= 11 is 16.7. The van der Waals surface area contributed by atoms with E-state index in [9.17, 15) is 4.79 Å². The predicted octanol–water partition coefficient (Wildman–Crippen LogP) is 2.52. The van der Waals surface area contributed by atoms with E-state index in [-0.39, 0.29) is 12.5 Å². The van der Waals surface area contributed by atoms with Gasteiger partial charge < -0.3 is 14.6 Å². The maximum absolute atomic E-state index is 11.7. The van der Waals surface area contributed by atoms with Gasteiger partial charge >= 0.3 is 0 Å². The molecule has 118 valence electrons. The molecule has 0 unspecified atom stereocenters. The number of nitrogens with one attached hydrogen (secondary N) is 2. The molecule has 2 N–H and O–H groups in total. The third-order valence-corrected chi connectivity index (χ3v) is 4.01. The standard InChI is InChI=1S/C13H14Cl2N4O2S/c1-19-11(17-18-13(19)22)4-5-16-12(20)7-21-8-2-3-9(14)10(15)6-8/h2-3,6H,4-5,7H2,1H3,(H,16,20)(H,18,22). The molecule has 0 aliphatic heterocycles. The summed E-state index contributed by atoms with van der Waals surface area (Å²) in [5.74, 6) is 1.03. The maximum Gasteiger partial charge on any atom is 0.257 e. The Bertz CT molecular complexity index is 729. The van der Waals surface area contributed by atoms with Crippen molar-refractivity contribution in [1.29, 1.82) is 0 Å². The minimum atomic E-state index is -0.233. The van der Waals surface area contributed by atoms with Gasteiger partial charge in [-0.1, -0.05) is 23.2 Å². The van der Waals surface area contributed by atoms with E-state index in [1.165, 1.54) is 0 Å². The monoisotopic (exact) mass is 360 g/mol. The highest BCUT2D eigenvalue weighted by Crippen LogP contribution is 2.26. The number of carbonyl (C=O) groups is 1. The Morgan fingerprint density at radius 3 is 2.86 bits per heavy atom. The zero-order valence-corrected chi connectivity index (χ0v) is 14.1. The van der Waals surface area contributed by atoms with Crippen LogP contribution in [0.3, 0.4) is 0 Å². The number of hydrogen-bond acceptors (Lipinski definition) is 4. The average molecular weight is 361 g/mol. The lowest BCUT2D eigenvalue weighted by Gasteiger charge is -2.08. The van der Waals surface area contributed by atoms with Gasteiger partial charge in [0.2, 0.25) is 0 Å². The summed E-state index contributed by atoms with van der Waals surface area (Å²) in [6.45, 7) is 0.341. The van der Waals surface area contributed by atoms with Gasteiger partial charge in [-0.2, -0.15) is 5.10 Å². The highest BCUT2D eigenvalue weighted by Gasteiger charge is 2.06. The van der Waals surface area contributed by atoms with Crippen molar-refractivity contribution >= 4 is 41.3 Å². The summed E-state index contributed by atoms with van der Waals surface area (Å²) in [4.78, 5) is 11.7. The Hall–Kier alpha value is -1.57. The van der Waals surface area contributed by atoms with Crippen LogP contribution in [-0.4, -0.2) is 33.8 Å². The van der Waals surface area contributed by atoms with Crippen molar-refractivity contribution in [3.05, 3.63) is 38.8 Å². The van der Waals surface area contributed by atoms with Crippen LogP contribution in [0, 0.1) is 4.77 Å². The van der Waals surface area contributed by atoms with Gasteiger partial charge in [0.1, 0.15) is 11.6 Å². The molecule has 0 aliphatic carbocycles. The molecule has 6 nitrogen and oxygen atoms in total. The van der Waals surface area contributed by atoms with Gasteiger partial charge in [0.15, 0.2) is 11.4 Å². The largest absolute Gasteiger partial charge is 0.484 e. The maximum atomic E-state index is 11.7. The summed E-state index contributed by atoms with van der Waals surface area (Å²) in [5.41, 5.74) is 0. The lowest BCUT2D eigenvalue weighted by molar-refractivity contribution is -0.123. The van der Waals surface area contributed by atoms with Crippen LogP contribution in [0.15, 0.2) is 18.2 Å². The Labute approximate surface area is 142 Å². The van der Waals surface area contributed by atoms with Crippen LogP contribution in [0.5, 0.6) is 5.75 Å². The van der Waals surface area contributed by atoms with Gasteiger partial charge in [0, 0.05) is 26.1 Å². The first-order chi connectivity index (χ1) is 10.5. The smallest absolute Gasteiger partial charge is 0.257 e. The van der Waals surface area contributed by atoms with Gasteiger partial charge in [-0.15, -0.1) is 0 Å². The fraction of sp³-hybridized carbons (Fsp3) is 0.308. The van der Waals surface area contributed by atoms with E-state index in [2.05, 4.69) is 15.5 Å². The molecule has 0 saturated heterocycles. The summed E-state index contributed by atoms with van der Waals surface area (Å²) in [5, 5.41) is 10.3. The van der Waals surface area contributed by atoms with Crippen molar-refractivity contribution < 1.29 is 9.53 Å². The second-order valence-electron chi connectivity index (χ2n) is 4.47. The molecule has 2 aromatic rings. The molecule has 1 aromatic heterocycles. The fourth-order valence-corrected chi connectivity index (χ4v) is 2.12. The van der Waals surface area contributed by atoms with Crippen molar-refractivity contribution in [2.24, 2.45) is 7.05 Å². The zero-order valence-electron chi connectivity index (χ0n) is 11.7. The SMILES string of the molecule is Cn1c(CCNC(=O)COc2ccc(Cl)c(Cl)c2)n[nH]c1=S. The third-order valence-electron chi connectivity index (χ3n) is 2.90. The number of carbonyl (C=O) groups excluding carboxylic acids is 1. The molecule has 9 heteroatoms. The summed E-state index contributed by atoms with van der Waals surface area (Å²) in [6.07, 6.45) is 0.572. The van der Waals surface area contributed by atoms with Crippen LogP contribution >= 0.6 is 35.4 Å². The molecule has 2 rings (SSSR count). The number of aromatic nitrogens is 3. The van der Waals surface area contributed by atoms with E-state index in [1.54, 1.807) is 22.8 Å². The third kappa shape index (κ3) is 4.46. The number of H-pyrrole nitrogens is 1. The molecule has 0 spiro atoms. The van der Waals surface area contributed by atoms with Crippen LogP contribution in [0.25, 0.3) is 0 Å². The van der Waals surface area contributed by atoms with Gasteiger partial charge in [-0.05, 0) is 24.4 Å². The average Bonchev–Trinajstić information content (AvgIpc) is 2.80. The number of hydrogen-bond donors (Lipinski definition) is 2. The molecule has 0 atom stereocenters. The van der Waals surface area contributed by atoms with E-state index in [1.807, 2.05) is 7.05 Å². The minimum absolute atomic E-state index is 0.100. The van der Waals surface area contributed by atoms with Crippen molar-refractivity contribution in [3.8, 4) is 5.75 Å². The molecule has 1 amide bonds. The van der Waals surface area contributed by atoms with E-state index in [4.69, 9.17) is 40.2 Å². The number of aromatic amines is 1. The summed E-state index contributed by atoms with van der Waals surface area (Å²) in [6, 6.07) is 4.82. The van der Waals surface area contributed by atoms with Crippen LogP contribution in [0.2, 0.25) is 10.0 Å². The molecule has 0 aliphatic rings. The highest BCUT2D eigenvalue weighted by molar-refractivity contribution is 7.71.